The molecule has 0 aromatic rings. The molecule has 0 radical (unpaired) electrons. The normalized spacial score (nSPS) is 40.5. The number of hydrogen-bond acceptors (Lipinski definition) is 3. The zero-order valence-electron chi connectivity index (χ0n) is 6.68. The van der Waals surface area contributed by atoms with Crippen LogP contribution in [0.25, 0.3) is 0 Å². The maximum atomic E-state index is 5.47. The summed E-state index contributed by atoms with van der Waals surface area (Å²) >= 11 is 0. The minimum atomic E-state index is -1.13. The first-order valence-corrected chi connectivity index (χ1v) is 5.04. The molecular weight excluding hydrogens is 175 g/mol. The zero-order valence-corrected chi connectivity index (χ0v) is 7.57. The van der Waals surface area contributed by atoms with Crippen LogP contribution >= 0.6 is 8.60 Å². The quantitative estimate of drug-likeness (QED) is 0.464. The van der Waals surface area contributed by atoms with E-state index >= 15 is 0 Å². The van der Waals surface area contributed by atoms with Crippen molar-refractivity contribution in [1.82, 2.24) is 0 Å². The molecule has 0 N–H and O–H groups in total. The second-order valence-corrected chi connectivity index (χ2v) is 3.83. The summed E-state index contributed by atoms with van der Waals surface area (Å²) in [6.45, 7) is 4.28. The molecule has 3 atom stereocenters. The summed E-state index contributed by atoms with van der Waals surface area (Å²) < 4.78 is 16.2. The van der Waals surface area contributed by atoms with Crippen molar-refractivity contribution in [1.29, 1.82) is 0 Å². The average molecular weight is 186 g/mol. The Morgan fingerprint density at radius 2 is 2.42 bits per heavy atom. The van der Waals surface area contributed by atoms with Gasteiger partial charge in [-0.25, -0.2) is 0 Å². The van der Waals surface area contributed by atoms with Gasteiger partial charge in [0, 0.05) is 6.42 Å². The van der Waals surface area contributed by atoms with Gasteiger partial charge < -0.3 is 13.6 Å². The minimum absolute atomic E-state index is 0.0811. The van der Waals surface area contributed by atoms with Gasteiger partial charge in [0.2, 0.25) is 0 Å². The fourth-order valence-corrected chi connectivity index (χ4v) is 2.34. The topological polar surface area (TPSA) is 27.7 Å². The smallest absolute Gasteiger partial charge is 0.308 e. The Bertz CT molecular complexity index is 204. The second-order valence-electron chi connectivity index (χ2n) is 2.71. The van der Waals surface area contributed by atoms with E-state index < -0.39 is 8.60 Å². The Morgan fingerprint density at radius 3 is 3.25 bits per heavy atom. The number of rotatable bonds is 1. The van der Waals surface area contributed by atoms with Gasteiger partial charge in [-0.05, 0) is 0 Å². The summed E-state index contributed by atoms with van der Waals surface area (Å²) in [5.74, 6) is 0. The van der Waals surface area contributed by atoms with Gasteiger partial charge in [-0.2, -0.15) is 0 Å². The molecule has 12 heavy (non-hydrogen) atoms. The summed E-state index contributed by atoms with van der Waals surface area (Å²) in [5.41, 5.74) is 0. The molecule has 0 amide bonds. The van der Waals surface area contributed by atoms with E-state index in [0.29, 0.717) is 6.61 Å². The minimum Gasteiger partial charge on any atom is -0.308 e. The van der Waals surface area contributed by atoms with Gasteiger partial charge in [0.1, 0.15) is 0 Å². The molecule has 0 aliphatic carbocycles. The second kappa shape index (κ2) is 3.67. The van der Waals surface area contributed by atoms with E-state index in [0.717, 1.165) is 6.42 Å². The standard InChI is InChI=1S/C8H11O3P/c1-2-7-6-8-4-3-5-9-12(10-7)11-8/h2-4,7-8H,1,5-6H2/t7?,8-,12?/m1/s1. The van der Waals surface area contributed by atoms with Crippen molar-refractivity contribution < 1.29 is 13.6 Å². The SMILES string of the molecule is C=CC1C[C@H]2C=CCOP(O1)O2. The van der Waals surface area contributed by atoms with Crippen LogP contribution in [0.2, 0.25) is 0 Å². The van der Waals surface area contributed by atoms with Crippen LogP contribution in [0, 0.1) is 0 Å². The third-order valence-electron chi connectivity index (χ3n) is 1.80. The summed E-state index contributed by atoms with van der Waals surface area (Å²) in [6, 6.07) is 0. The van der Waals surface area contributed by atoms with Crippen molar-refractivity contribution in [3.05, 3.63) is 24.8 Å². The number of fused-ring (bicyclic) bond motifs is 2. The van der Waals surface area contributed by atoms with E-state index in [2.05, 4.69) is 6.58 Å². The van der Waals surface area contributed by atoms with Crippen LogP contribution in [-0.2, 0) is 13.6 Å². The van der Waals surface area contributed by atoms with Crippen LogP contribution in [0.5, 0.6) is 0 Å². The maximum absolute atomic E-state index is 5.47. The van der Waals surface area contributed by atoms with Gasteiger partial charge in [-0.3, -0.25) is 0 Å². The molecule has 1 saturated heterocycles. The molecule has 2 aliphatic heterocycles. The average Bonchev–Trinajstić information content (AvgIpc) is 2.27. The Kier molecular flexibility index (Phi) is 2.57. The van der Waals surface area contributed by atoms with Crippen LogP contribution in [0.15, 0.2) is 24.8 Å². The molecule has 2 aliphatic rings. The van der Waals surface area contributed by atoms with Crippen LogP contribution < -0.4 is 0 Å². The molecule has 2 heterocycles. The highest BCUT2D eigenvalue weighted by molar-refractivity contribution is 7.41. The molecule has 1 fully saturated rings. The molecule has 2 bridgehead atoms. The van der Waals surface area contributed by atoms with Crippen molar-refractivity contribution in [2.75, 3.05) is 6.61 Å². The van der Waals surface area contributed by atoms with Gasteiger partial charge in [-0.15, -0.1) is 6.58 Å². The lowest BCUT2D eigenvalue weighted by atomic mass is 10.1. The molecule has 66 valence electrons. The molecule has 2 unspecified atom stereocenters. The Morgan fingerprint density at radius 1 is 1.50 bits per heavy atom. The van der Waals surface area contributed by atoms with Crippen molar-refractivity contribution in [2.45, 2.75) is 18.6 Å². The molecule has 0 spiro atoms. The lowest BCUT2D eigenvalue weighted by Gasteiger charge is -2.29. The fourth-order valence-electron chi connectivity index (χ4n) is 1.19. The monoisotopic (exact) mass is 186 g/mol. The van der Waals surface area contributed by atoms with E-state index in [9.17, 15) is 0 Å². The Hall–Kier alpha value is -0.210. The van der Waals surface area contributed by atoms with E-state index in [-0.39, 0.29) is 12.2 Å². The first kappa shape index (κ1) is 8.39. The predicted molar refractivity (Wildman–Crippen MR) is 46.6 cm³/mol. The van der Waals surface area contributed by atoms with Gasteiger partial charge >= 0.3 is 8.60 Å². The molecule has 4 heteroatoms. The van der Waals surface area contributed by atoms with Crippen LogP contribution in [0.4, 0.5) is 0 Å². The van der Waals surface area contributed by atoms with Gasteiger partial charge in [0.25, 0.3) is 0 Å². The summed E-state index contributed by atoms with van der Waals surface area (Å²) in [6.07, 6.45) is 6.88. The van der Waals surface area contributed by atoms with E-state index in [1.54, 1.807) is 6.08 Å². The molecular formula is C8H11O3P. The highest BCUT2D eigenvalue weighted by Crippen LogP contribution is 2.48. The van der Waals surface area contributed by atoms with Gasteiger partial charge in [-0.1, -0.05) is 18.2 Å². The summed E-state index contributed by atoms with van der Waals surface area (Å²) in [7, 11) is -1.13. The summed E-state index contributed by atoms with van der Waals surface area (Å²) in [5, 5.41) is 0. The van der Waals surface area contributed by atoms with E-state index in [1.807, 2.05) is 12.2 Å². The highest BCUT2D eigenvalue weighted by atomic mass is 31.2. The Labute approximate surface area is 73.0 Å². The van der Waals surface area contributed by atoms with E-state index in [4.69, 9.17) is 13.6 Å². The third kappa shape index (κ3) is 1.75. The maximum Gasteiger partial charge on any atom is 0.334 e. The molecule has 0 saturated carbocycles. The van der Waals surface area contributed by atoms with E-state index in [1.165, 1.54) is 0 Å². The van der Waals surface area contributed by atoms with Crippen molar-refractivity contribution in [2.24, 2.45) is 0 Å². The lowest BCUT2D eigenvalue weighted by molar-refractivity contribution is 0.0647. The molecule has 2 rings (SSSR count). The Balaban J connectivity index is 2.06. The highest BCUT2D eigenvalue weighted by Gasteiger charge is 2.30. The molecule has 3 nitrogen and oxygen atoms in total. The number of hydrogen-bond donors (Lipinski definition) is 0. The third-order valence-corrected chi connectivity index (χ3v) is 3.04. The zero-order chi connectivity index (χ0) is 8.39. The predicted octanol–water partition coefficient (Wildman–Crippen LogP) is 2.16. The fraction of sp³-hybridized carbons (Fsp3) is 0.500. The van der Waals surface area contributed by atoms with Crippen LogP contribution in [0.3, 0.4) is 0 Å². The van der Waals surface area contributed by atoms with Crippen LogP contribution in [-0.4, -0.2) is 18.8 Å². The van der Waals surface area contributed by atoms with Crippen LogP contribution in [0.1, 0.15) is 6.42 Å². The van der Waals surface area contributed by atoms with Crippen molar-refractivity contribution >= 4 is 8.60 Å². The largest absolute Gasteiger partial charge is 0.334 e. The first-order valence-electron chi connectivity index (χ1n) is 3.94. The molecule has 0 aromatic carbocycles. The van der Waals surface area contributed by atoms with Gasteiger partial charge in [0.15, 0.2) is 0 Å². The van der Waals surface area contributed by atoms with Crippen molar-refractivity contribution in [3.8, 4) is 0 Å². The molecule has 0 aromatic heterocycles. The summed E-state index contributed by atoms with van der Waals surface area (Å²) in [4.78, 5) is 0. The first-order chi connectivity index (χ1) is 5.88. The lowest BCUT2D eigenvalue weighted by Crippen LogP contribution is -2.23. The van der Waals surface area contributed by atoms with Crippen molar-refractivity contribution in [3.63, 3.8) is 0 Å². The van der Waals surface area contributed by atoms with Gasteiger partial charge in [0.05, 0.1) is 18.8 Å².